The van der Waals surface area contributed by atoms with Crippen LogP contribution in [0.3, 0.4) is 0 Å². The maximum absolute atomic E-state index is 11.6. The minimum absolute atomic E-state index is 0. The van der Waals surface area contributed by atoms with E-state index in [1.54, 1.807) is 18.2 Å². The highest BCUT2D eigenvalue weighted by Gasteiger charge is 2.17. The van der Waals surface area contributed by atoms with Crippen molar-refractivity contribution in [3.8, 4) is 0 Å². The van der Waals surface area contributed by atoms with Crippen LogP contribution >= 0.6 is 12.4 Å². The lowest BCUT2D eigenvalue weighted by Crippen LogP contribution is -2.47. The molecule has 0 bridgehead atoms. The minimum atomic E-state index is -0.655. The van der Waals surface area contributed by atoms with Crippen molar-refractivity contribution in [2.45, 2.75) is 19.9 Å². The van der Waals surface area contributed by atoms with Gasteiger partial charge in [-0.15, -0.1) is 12.4 Å². The topological polar surface area (TPSA) is 139 Å². The number of nitrogens with two attached hydrogens (primary N) is 1. The van der Waals surface area contributed by atoms with Gasteiger partial charge in [0.1, 0.15) is 5.69 Å². The van der Waals surface area contributed by atoms with Crippen molar-refractivity contribution in [2.24, 2.45) is 11.7 Å². The molecule has 0 aliphatic heterocycles. The molecule has 0 heterocycles. The maximum atomic E-state index is 11.6. The van der Waals surface area contributed by atoms with Gasteiger partial charge in [-0.2, -0.15) is 0 Å². The molecule has 0 aliphatic rings. The molecule has 0 spiro atoms. The Morgan fingerprint density at radius 2 is 1.84 bits per heavy atom. The largest absolute Gasteiger partial charge is 0.378 e. The van der Waals surface area contributed by atoms with E-state index in [2.05, 4.69) is 16.0 Å². The van der Waals surface area contributed by atoms with Gasteiger partial charge in [0.25, 0.3) is 5.69 Å². The number of nitro benzene ring substituents is 1. The third-order valence-electron chi connectivity index (χ3n) is 3.31. The summed E-state index contributed by atoms with van der Waals surface area (Å²) in [5.74, 6) is -0.749. The molecule has 0 saturated heterocycles. The van der Waals surface area contributed by atoms with Gasteiger partial charge in [0.05, 0.1) is 17.5 Å². The van der Waals surface area contributed by atoms with Crippen molar-refractivity contribution >= 4 is 35.6 Å². The molecule has 0 radical (unpaired) electrons. The van der Waals surface area contributed by atoms with Crippen molar-refractivity contribution in [1.82, 2.24) is 10.6 Å². The number of para-hydroxylation sites is 2. The summed E-state index contributed by atoms with van der Waals surface area (Å²) in [5.41, 5.74) is 6.02. The van der Waals surface area contributed by atoms with Crippen molar-refractivity contribution in [2.75, 3.05) is 25.0 Å². The summed E-state index contributed by atoms with van der Waals surface area (Å²) in [6, 6.07) is 5.59. The zero-order chi connectivity index (χ0) is 18.1. The van der Waals surface area contributed by atoms with Crippen molar-refractivity contribution < 1.29 is 14.5 Å². The first-order valence-electron chi connectivity index (χ1n) is 7.60. The van der Waals surface area contributed by atoms with E-state index < -0.39 is 11.0 Å². The number of amides is 2. The first-order chi connectivity index (χ1) is 11.3. The number of nitro groups is 1. The predicted octanol–water partition coefficient (Wildman–Crippen LogP) is 0.644. The first-order valence-corrected chi connectivity index (χ1v) is 7.60. The number of halogens is 1. The number of benzene rings is 1. The van der Waals surface area contributed by atoms with E-state index >= 15 is 0 Å². The number of carbonyl (C=O) groups is 2. The van der Waals surface area contributed by atoms with E-state index in [4.69, 9.17) is 5.73 Å². The second-order valence-corrected chi connectivity index (χ2v) is 5.54. The number of anilines is 1. The molecule has 1 aromatic carbocycles. The number of rotatable bonds is 9. The van der Waals surface area contributed by atoms with Gasteiger partial charge in [-0.05, 0) is 12.0 Å². The molecule has 0 unspecified atom stereocenters. The molecule has 2 amide bonds. The molecule has 140 valence electrons. The quantitative estimate of drug-likeness (QED) is 0.284. The molecule has 0 aromatic heterocycles. The smallest absolute Gasteiger partial charge is 0.292 e. The normalized spacial score (nSPS) is 11.2. The number of nitrogens with zero attached hydrogens (tertiary/aromatic N) is 1. The van der Waals surface area contributed by atoms with Crippen molar-refractivity contribution in [3.63, 3.8) is 0 Å². The van der Waals surface area contributed by atoms with Crippen LogP contribution in [0, 0.1) is 16.0 Å². The van der Waals surface area contributed by atoms with Gasteiger partial charge in [0, 0.05) is 19.2 Å². The monoisotopic (exact) mass is 373 g/mol. The number of hydrogen-bond acceptors (Lipinski definition) is 6. The van der Waals surface area contributed by atoms with Gasteiger partial charge in [0.15, 0.2) is 0 Å². The number of hydrogen-bond donors (Lipinski definition) is 4. The average molecular weight is 374 g/mol. The van der Waals surface area contributed by atoms with Crippen LogP contribution in [-0.4, -0.2) is 42.4 Å². The average Bonchev–Trinajstić information content (AvgIpc) is 2.55. The van der Waals surface area contributed by atoms with Crippen molar-refractivity contribution in [1.29, 1.82) is 0 Å². The lowest BCUT2D eigenvalue weighted by atomic mass is 10.1. The third kappa shape index (κ3) is 7.81. The Morgan fingerprint density at radius 1 is 1.20 bits per heavy atom. The fourth-order valence-corrected chi connectivity index (χ4v) is 1.83. The lowest BCUT2D eigenvalue weighted by molar-refractivity contribution is -0.384. The van der Waals surface area contributed by atoms with Crippen molar-refractivity contribution in [3.05, 3.63) is 34.4 Å². The van der Waals surface area contributed by atoms with E-state index in [9.17, 15) is 19.7 Å². The number of carbonyl (C=O) groups excluding carboxylic acids is 2. The molecular weight excluding hydrogens is 350 g/mol. The Bertz CT molecular complexity index is 597. The van der Waals surface area contributed by atoms with E-state index in [0.717, 1.165) is 0 Å². The Kier molecular flexibility index (Phi) is 10.1. The molecule has 9 nitrogen and oxygen atoms in total. The molecular formula is C15H24ClN5O4. The Morgan fingerprint density at radius 3 is 2.44 bits per heavy atom. The molecule has 0 fully saturated rings. The summed E-state index contributed by atoms with van der Waals surface area (Å²) in [7, 11) is 0. The maximum Gasteiger partial charge on any atom is 0.292 e. The Balaban J connectivity index is 0.00000576. The molecule has 1 rings (SSSR count). The second kappa shape index (κ2) is 11.2. The zero-order valence-electron chi connectivity index (χ0n) is 14.2. The second-order valence-electron chi connectivity index (χ2n) is 5.54. The van der Waals surface area contributed by atoms with Gasteiger partial charge in [0.2, 0.25) is 11.8 Å². The van der Waals surface area contributed by atoms with E-state index in [1.807, 2.05) is 13.8 Å². The van der Waals surface area contributed by atoms with Crippen LogP contribution in [0.5, 0.6) is 0 Å². The number of nitrogens with one attached hydrogen (secondary N) is 3. The van der Waals surface area contributed by atoms with Crippen LogP contribution in [0.4, 0.5) is 11.4 Å². The van der Waals surface area contributed by atoms with Gasteiger partial charge >= 0.3 is 0 Å². The van der Waals surface area contributed by atoms with Crippen LogP contribution in [0.2, 0.25) is 0 Å². The molecule has 10 heteroatoms. The van der Waals surface area contributed by atoms with Crippen LogP contribution in [0.15, 0.2) is 24.3 Å². The van der Waals surface area contributed by atoms with Crippen LogP contribution < -0.4 is 21.7 Å². The first kappa shape index (κ1) is 22.6. The lowest BCUT2D eigenvalue weighted by Gasteiger charge is -2.15. The molecule has 25 heavy (non-hydrogen) atoms. The van der Waals surface area contributed by atoms with Crippen LogP contribution in [0.25, 0.3) is 0 Å². The molecule has 1 aromatic rings. The highest BCUT2D eigenvalue weighted by Crippen LogP contribution is 2.22. The summed E-state index contributed by atoms with van der Waals surface area (Å²) in [4.78, 5) is 33.6. The summed E-state index contributed by atoms with van der Waals surface area (Å²) >= 11 is 0. The zero-order valence-corrected chi connectivity index (χ0v) is 15.0. The molecule has 0 aliphatic carbocycles. The summed E-state index contributed by atoms with van der Waals surface area (Å²) in [6.07, 6.45) is 0. The van der Waals surface area contributed by atoms with Gasteiger partial charge in [-0.25, -0.2) is 0 Å². The highest BCUT2D eigenvalue weighted by molar-refractivity contribution is 5.87. The molecule has 1 atom stereocenters. The SMILES string of the molecule is CC(C)[C@H](N)C(=O)NCC(=O)NCCNc1ccccc1[N+](=O)[O-].Cl. The van der Waals surface area contributed by atoms with Gasteiger partial charge in [-0.1, -0.05) is 26.0 Å². The van der Waals surface area contributed by atoms with E-state index in [-0.39, 0.29) is 48.9 Å². The van der Waals surface area contributed by atoms with Gasteiger partial charge < -0.3 is 21.7 Å². The standard InChI is InChI=1S/C15H23N5O4.ClH/c1-10(2)14(16)15(22)19-9-13(21)18-8-7-17-11-5-3-4-6-12(11)20(23)24;/h3-6,10,14,17H,7-9,16H2,1-2H3,(H,18,21)(H,19,22);1H/t14-;/m0./s1. The third-order valence-corrected chi connectivity index (χ3v) is 3.31. The predicted molar refractivity (Wildman–Crippen MR) is 97.7 cm³/mol. The highest BCUT2D eigenvalue weighted by atomic mass is 35.5. The van der Waals surface area contributed by atoms with E-state index in [1.165, 1.54) is 6.07 Å². The summed E-state index contributed by atoms with van der Waals surface area (Å²) in [5, 5.41) is 18.8. The van der Waals surface area contributed by atoms with Crippen LogP contribution in [-0.2, 0) is 9.59 Å². The fraction of sp³-hybridized carbons (Fsp3) is 0.467. The van der Waals surface area contributed by atoms with E-state index in [0.29, 0.717) is 12.2 Å². The molecule has 5 N–H and O–H groups in total. The Labute approximate surface area is 152 Å². The summed E-state index contributed by atoms with van der Waals surface area (Å²) < 4.78 is 0. The minimum Gasteiger partial charge on any atom is -0.378 e. The Hall–Kier alpha value is -2.39. The van der Waals surface area contributed by atoms with Crippen LogP contribution in [0.1, 0.15) is 13.8 Å². The van der Waals surface area contributed by atoms with Gasteiger partial charge in [-0.3, -0.25) is 19.7 Å². The molecule has 0 saturated carbocycles. The fourth-order valence-electron chi connectivity index (χ4n) is 1.83. The summed E-state index contributed by atoms with van der Waals surface area (Å²) in [6.45, 7) is 4.05.